The summed E-state index contributed by atoms with van der Waals surface area (Å²) in [5.41, 5.74) is 1.45. The van der Waals surface area contributed by atoms with Gasteiger partial charge >= 0.3 is 5.97 Å². The molecule has 2 aromatic rings. The lowest BCUT2D eigenvalue weighted by Gasteiger charge is -2.20. The van der Waals surface area contributed by atoms with Gasteiger partial charge in [-0.05, 0) is 31.4 Å². The molecule has 0 saturated heterocycles. The van der Waals surface area contributed by atoms with Crippen molar-refractivity contribution in [3.05, 3.63) is 41.3 Å². The number of esters is 1. The van der Waals surface area contributed by atoms with Gasteiger partial charge in [0.2, 0.25) is 5.91 Å². The van der Waals surface area contributed by atoms with Crippen LogP contribution in [0, 0.1) is 0 Å². The predicted molar refractivity (Wildman–Crippen MR) is 106 cm³/mol. The first kappa shape index (κ1) is 19.5. The van der Waals surface area contributed by atoms with Crippen LogP contribution in [-0.2, 0) is 9.53 Å². The molecule has 1 fully saturated rings. The van der Waals surface area contributed by atoms with Crippen molar-refractivity contribution in [2.45, 2.75) is 25.8 Å². The zero-order chi connectivity index (χ0) is 19.2. The van der Waals surface area contributed by atoms with Crippen LogP contribution >= 0.6 is 11.3 Å². The molecule has 1 heterocycles. The molecule has 144 valence electrons. The standard InChI is InChI=1S/C20H24N2O4S/c1-2-26-20(25)19-16(12-17(27-19)14-6-4-3-5-7-14)21-18(24)13-22(10-11-23)15-8-9-15/h3-7,12,15,23H,2,8-11,13H2,1H3,(H,21,24). The Morgan fingerprint density at radius 3 is 2.67 bits per heavy atom. The van der Waals surface area contributed by atoms with Crippen molar-refractivity contribution in [1.82, 2.24) is 4.90 Å². The minimum absolute atomic E-state index is 0.0223. The van der Waals surface area contributed by atoms with Crippen LogP contribution in [0.3, 0.4) is 0 Å². The van der Waals surface area contributed by atoms with Crippen molar-refractivity contribution >= 4 is 28.9 Å². The molecule has 0 aliphatic heterocycles. The molecule has 6 nitrogen and oxygen atoms in total. The molecule has 0 unspecified atom stereocenters. The van der Waals surface area contributed by atoms with E-state index >= 15 is 0 Å². The number of carbonyl (C=O) groups is 2. The third-order valence-electron chi connectivity index (χ3n) is 4.32. The van der Waals surface area contributed by atoms with Gasteiger partial charge in [-0.2, -0.15) is 0 Å². The van der Waals surface area contributed by atoms with Gasteiger partial charge < -0.3 is 15.2 Å². The van der Waals surface area contributed by atoms with Gasteiger partial charge in [0.15, 0.2) is 0 Å². The fraction of sp³-hybridized carbons (Fsp3) is 0.400. The van der Waals surface area contributed by atoms with Gasteiger partial charge in [0.1, 0.15) is 4.88 Å². The van der Waals surface area contributed by atoms with E-state index in [4.69, 9.17) is 4.74 Å². The van der Waals surface area contributed by atoms with Crippen molar-refractivity contribution in [3.8, 4) is 10.4 Å². The van der Waals surface area contributed by atoms with Gasteiger partial charge in [-0.1, -0.05) is 30.3 Å². The minimum atomic E-state index is -0.436. The third kappa shape index (κ3) is 5.15. The van der Waals surface area contributed by atoms with Crippen LogP contribution in [0.2, 0.25) is 0 Å². The van der Waals surface area contributed by atoms with Gasteiger partial charge in [0, 0.05) is 17.5 Å². The Morgan fingerprint density at radius 2 is 2.04 bits per heavy atom. The molecule has 1 amide bonds. The number of hydrogen-bond acceptors (Lipinski definition) is 6. The number of aliphatic hydroxyl groups is 1. The molecule has 2 N–H and O–H groups in total. The van der Waals surface area contributed by atoms with Gasteiger partial charge in [-0.15, -0.1) is 11.3 Å². The van der Waals surface area contributed by atoms with Gasteiger partial charge in [0.05, 0.1) is 25.4 Å². The van der Waals surface area contributed by atoms with Crippen LogP contribution < -0.4 is 5.32 Å². The van der Waals surface area contributed by atoms with Gasteiger partial charge in [0.25, 0.3) is 0 Å². The molecule has 0 atom stereocenters. The molecule has 1 aliphatic carbocycles. The zero-order valence-corrected chi connectivity index (χ0v) is 16.1. The molecule has 1 saturated carbocycles. The number of ether oxygens (including phenoxy) is 1. The molecule has 0 bridgehead atoms. The largest absolute Gasteiger partial charge is 0.462 e. The zero-order valence-electron chi connectivity index (χ0n) is 15.3. The van der Waals surface area contributed by atoms with Crippen molar-refractivity contribution in [2.24, 2.45) is 0 Å². The summed E-state index contributed by atoms with van der Waals surface area (Å²) in [7, 11) is 0. The van der Waals surface area contributed by atoms with Crippen molar-refractivity contribution < 1.29 is 19.4 Å². The van der Waals surface area contributed by atoms with E-state index in [0.29, 0.717) is 23.2 Å². The van der Waals surface area contributed by atoms with Crippen LogP contribution in [0.5, 0.6) is 0 Å². The number of nitrogens with one attached hydrogen (secondary N) is 1. The Kier molecular flexibility index (Phi) is 6.60. The summed E-state index contributed by atoms with van der Waals surface area (Å²) in [6.07, 6.45) is 2.11. The van der Waals surface area contributed by atoms with E-state index < -0.39 is 5.97 Å². The smallest absolute Gasteiger partial charge is 0.350 e. The second-order valence-electron chi connectivity index (χ2n) is 6.41. The molecular formula is C20H24N2O4S. The van der Waals surface area contributed by atoms with E-state index in [0.717, 1.165) is 23.3 Å². The summed E-state index contributed by atoms with van der Waals surface area (Å²) >= 11 is 1.31. The average molecular weight is 388 g/mol. The van der Waals surface area contributed by atoms with Crippen LogP contribution in [0.1, 0.15) is 29.4 Å². The minimum Gasteiger partial charge on any atom is -0.462 e. The number of nitrogens with zero attached hydrogens (tertiary/aromatic N) is 1. The van der Waals surface area contributed by atoms with E-state index in [9.17, 15) is 14.7 Å². The summed E-state index contributed by atoms with van der Waals surface area (Å²) in [6, 6.07) is 11.9. The van der Waals surface area contributed by atoms with E-state index in [1.807, 2.05) is 41.3 Å². The summed E-state index contributed by atoms with van der Waals surface area (Å²) < 4.78 is 5.14. The molecular weight excluding hydrogens is 364 g/mol. The van der Waals surface area contributed by atoms with Crippen LogP contribution in [0.15, 0.2) is 36.4 Å². The number of thiophene rings is 1. The number of hydrogen-bond donors (Lipinski definition) is 2. The number of anilines is 1. The average Bonchev–Trinajstić information content (AvgIpc) is 3.43. The summed E-state index contributed by atoms with van der Waals surface area (Å²) in [5, 5.41) is 12.0. The highest BCUT2D eigenvalue weighted by atomic mass is 32.1. The van der Waals surface area contributed by atoms with E-state index in [2.05, 4.69) is 5.32 Å². The fourth-order valence-corrected chi connectivity index (χ4v) is 3.92. The lowest BCUT2D eigenvalue weighted by atomic mass is 10.2. The summed E-state index contributed by atoms with van der Waals surface area (Å²) in [4.78, 5) is 28.1. The molecule has 27 heavy (non-hydrogen) atoms. The molecule has 3 rings (SSSR count). The molecule has 7 heteroatoms. The first-order chi connectivity index (χ1) is 13.1. The monoisotopic (exact) mass is 388 g/mol. The summed E-state index contributed by atoms with van der Waals surface area (Å²) in [6.45, 7) is 2.72. The fourth-order valence-electron chi connectivity index (χ4n) is 2.91. The first-order valence-corrected chi connectivity index (χ1v) is 9.95. The Morgan fingerprint density at radius 1 is 1.30 bits per heavy atom. The van der Waals surface area contributed by atoms with E-state index in [1.54, 1.807) is 6.92 Å². The molecule has 0 spiro atoms. The Labute approximate surface area is 162 Å². The van der Waals surface area contributed by atoms with Crippen molar-refractivity contribution in [3.63, 3.8) is 0 Å². The normalized spacial score (nSPS) is 13.6. The Balaban J connectivity index is 1.78. The maximum atomic E-state index is 12.5. The highest BCUT2D eigenvalue weighted by molar-refractivity contribution is 7.18. The molecule has 1 aromatic heterocycles. The number of benzene rings is 1. The molecule has 0 radical (unpaired) electrons. The second kappa shape index (κ2) is 9.12. The topological polar surface area (TPSA) is 78.9 Å². The Bertz CT molecular complexity index is 787. The van der Waals surface area contributed by atoms with Crippen LogP contribution in [-0.4, -0.2) is 54.2 Å². The van der Waals surface area contributed by atoms with Gasteiger partial charge in [-0.3, -0.25) is 9.69 Å². The van der Waals surface area contributed by atoms with Crippen molar-refractivity contribution in [2.75, 3.05) is 31.6 Å². The lowest BCUT2D eigenvalue weighted by molar-refractivity contribution is -0.117. The number of aliphatic hydroxyl groups excluding tert-OH is 1. The molecule has 1 aliphatic rings. The lowest BCUT2D eigenvalue weighted by Crippen LogP contribution is -2.36. The second-order valence-corrected chi connectivity index (χ2v) is 7.47. The highest BCUT2D eigenvalue weighted by Crippen LogP contribution is 2.35. The van der Waals surface area contributed by atoms with E-state index in [1.165, 1.54) is 11.3 Å². The van der Waals surface area contributed by atoms with Crippen LogP contribution in [0.25, 0.3) is 10.4 Å². The highest BCUT2D eigenvalue weighted by Gasteiger charge is 2.30. The van der Waals surface area contributed by atoms with Crippen molar-refractivity contribution in [1.29, 1.82) is 0 Å². The number of amides is 1. The molecule has 1 aromatic carbocycles. The number of carbonyl (C=O) groups excluding carboxylic acids is 2. The Hall–Kier alpha value is -2.22. The first-order valence-electron chi connectivity index (χ1n) is 9.13. The van der Waals surface area contributed by atoms with Crippen LogP contribution in [0.4, 0.5) is 5.69 Å². The van der Waals surface area contributed by atoms with E-state index in [-0.39, 0.29) is 25.7 Å². The predicted octanol–water partition coefficient (Wildman–Crippen LogP) is 2.99. The maximum Gasteiger partial charge on any atom is 0.350 e. The SMILES string of the molecule is CCOC(=O)c1sc(-c2ccccc2)cc1NC(=O)CN(CCO)C1CC1. The number of rotatable bonds is 9. The maximum absolute atomic E-state index is 12.5. The van der Waals surface area contributed by atoms with Gasteiger partial charge in [-0.25, -0.2) is 4.79 Å². The quantitative estimate of drug-likeness (QED) is 0.646. The third-order valence-corrected chi connectivity index (χ3v) is 5.49. The summed E-state index contributed by atoms with van der Waals surface area (Å²) in [5.74, 6) is -0.632.